The maximum atomic E-state index is 6.49. The normalized spacial score (nSPS) is 28.3. The molecule has 23 heavy (non-hydrogen) atoms. The molecular formula is C17H30N6. The Kier molecular flexibility index (Phi) is 4.47. The van der Waals surface area contributed by atoms with E-state index in [-0.39, 0.29) is 6.04 Å². The van der Waals surface area contributed by atoms with Crippen molar-refractivity contribution < 1.29 is 0 Å². The molecule has 1 aromatic heterocycles. The summed E-state index contributed by atoms with van der Waals surface area (Å²) in [7, 11) is 1.90. The molecule has 0 aromatic carbocycles. The third kappa shape index (κ3) is 2.90. The third-order valence-electron chi connectivity index (χ3n) is 6.16. The van der Waals surface area contributed by atoms with Gasteiger partial charge in [0.1, 0.15) is 11.6 Å². The summed E-state index contributed by atoms with van der Waals surface area (Å²) < 4.78 is 0. The van der Waals surface area contributed by atoms with Crippen LogP contribution in [0.5, 0.6) is 0 Å². The summed E-state index contributed by atoms with van der Waals surface area (Å²) >= 11 is 0. The lowest BCUT2D eigenvalue weighted by atomic mass is 9.73. The summed E-state index contributed by atoms with van der Waals surface area (Å²) in [5, 5.41) is 3.15. The van der Waals surface area contributed by atoms with Gasteiger partial charge in [0, 0.05) is 19.1 Å². The van der Waals surface area contributed by atoms with Crippen molar-refractivity contribution in [3.63, 3.8) is 0 Å². The SMILES string of the molecule is CNC(C)c1ncc(N2CCC3(CCC(C)C3N)CC2)nc1N. The molecule has 1 saturated heterocycles. The summed E-state index contributed by atoms with van der Waals surface area (Å²) in [5.74, 6) is 2.07. The van der Waals surface area contributed by atoms with E-state index in [1.165, 1.54) is 12.8 Å². The highest BCUT2D eigenvalue weighted by Crippen LogP contribution is 2.48. The van der Waals surface area contributed by atoms with E-state index in [2.05, 4.69) is 27.1 Å². The lowest BCUT2D eigenvalue weighted by Crippen LogP contribution is -2.48. The number of nitrogens with zero attached hydrogens (tertiary/aromatic N) is 3. The molecule has 5 N–H and O–H groups in total. The molecule has 0 radical (unpaired) electrons. The topological polar surface area (TPSA) is 93.1 Å². The van der Waals surface area contributed by atoms with E-state index in [1.807, 2.05) is 20.2 Å². The highest BCUT2D eigenvalue weighted by atomic mass is 15.2. The molecule has 1 aromatic rings. The van der Waals surface area contributed by atoms with E-state index in [0.717, 1.165) is 37.4 Å². The van der Waals surface area contributed by atoms with Crippen LogP contribution in [0, 0.1) is 11.3 Å². The first-order valence-electron chi connectivity index (χ1n) is 8.77. The number of nitrogen functional groups attached to an aromatic ring is 1. The molecule has 1 aliphatic heterocycles. The van der Waals surface area contributed by atoms with Crippen LogP contribution in [0.1, 0.15) is 51.3 Å². The molecule has 1 aliphatic carbocycles. The van der Waals surface area contributed by atoms with Crippen LogP contribution >= 0.6 is 0 Å². The Morgan fingerprint density at radius 2 is 2.04 bits per heavy atom. The second kappa shape index (κ2) is 6.24. The fraction of sp³-hybridized carbons (Fsp3) is 0.765. The number of hydrogen-bond donors (Lipinski definition) is 3. The first-order chi connectivity index (χ1) is 11.0. The molecule has 2 heterocycles. The van der Waals surface area contributed by atoms with Gasteiger partial charge in [-0.15, -0.1) is 0 Å². The number of hydrogen-bond acceptors (Lipinski definition) is 6. The van der Waals surface area contributed by atoms with Crippen molar-refractivity contribution in [2.45, 2.75) is 51.6 Å². The van der Waals surface area contributed by atoms with Crippen LogP contribution in [0.25, 0.3) is 0 Å². The summed E-state index contributed by atoms with van der Waals surface area (Å²) in [6, 6.07) is 0.457. The van der Waals surface area contributed by atoms with Crippen LogP contribution in [0.4, 0.5) is 11.6 Å². The van der Waals surface area contributed by atoms with Crippen molar-refractivity contribution in [3.8, 4) is 0 Å². The van der Waals surface area contributed by atoms with Gasteiger partial charge in [-0.05, 0) is 51.0 Å². The van der Waals surface area contributed by atoms with Crippen LogP contribution in [0.3, 0.4) is 0 Å². The van der Waals surface area contributed by atoms with Gasteiger partial charge in [-0.25, -0.2) is 4.98 Å². The predicted octanol–water partition coefficient (Wildman–Crippen LogP) is 1.68. The zero-order chi connectivity index (χ0) is 16.6. The molecule has 3 rings (SSSR count). The van der Waals surface area contributed by atoms with Gasteiger partial charge < -0.3 is 21.7 Å². The van der Waals surface area contributed by atoms with Crippen LogP contribution in [0.15, 0.2) is 6.20 Å². The standard InChI is InChI=1S/C17H30N6/c1-11-4-5-17(15(11)18)6-8-23(9-7-17)13-10-21-14(12(2)20-3)16(19)22-13/h10-12,15,20H,4-9,18H2,1-3H3,(H2,19,22). The van der Waals surface area contributed by atoms with Crippen molar-refractivity contribution in [3.05, 3.63) is 11.9 Å². The van der Waals surface area contributed by atoms with Crippen LogP contribution in [0.2, 0.25) is 0 Å². The lowest BCUT2D eigenvalue weighted by molar-refractivity contribution is 0.186. The Hall–Kier alpha value is -1.40. The largest absolute Gasteiger partial charge is 0.382 e. The molecule has 3 unspecified atom stereocenters. The molecule has 2 fully saturated rings. The summed E-state index contributed by atoms with van der Waals surface area (Å²) in [6.45, 7) is 6.32. The van der Waals surface area contributed by atoms with Crippen LogP contribution < -0.4 is 21.7 Å². The number of aromatic nitrogens is 2. The monoisotopic (exact) mass is 318 g/mol. The minimum absolute atomic E-state index is 0.110. The van der Waals surface area contributed by atoms with E-state index < -0.39 is 0 Å². The lowest BCUT2D eigenvalue weighted by Gasteiger charge is -2.43. The molecule has 3 atom stereocenters. The summed E-state index contributed by atoms with van der Waals surface area (Å²) in [6.07, 6.45) is 6.69. The van der Waals surface area contributed by atoms with E-state index in [4.69, 9.17) is 11.5 Å². The van der Waals surface area contributed by atoms with Gasteiger partial charge in [0.15, 0.2) is 0 Å². The zero-order valence-electron chi connectivity index (χ0n) is 14.5. The van der Waals surface area contributed by atoms with Gasteiger partial charge in [-0.1, -0.05) is 6.92 Å². The molecule has 6 nitrogen and oxygen atoms in total. The predicted molar refractivity (Wildman–Crippen MR) is 94.2 cm³/mol. The quantitative estimate of drug-likeness (QED) is 0.785. The average molecular weight is 318 g/mol. The highest BCUT2D eigenvalue weighted by molar-refractivity contribution is 5.46. The van der Waals surface area contributed by atoms with Gasteiger partial charge in [0.2, 0.25) is 0 Å². The molecule has 1 spiro atoms. The number of rotatable bonds is 3. The fourth-order valence-corrected chi connectivity index (χ4v) is 4.26. The first kappa shape index (κ1) is 16.5. The van der Waals surface area contributed by atoms with Gasteiger partial charge in [0.25, 0.3) is 0 Å². The molecule has 6 heteroatoms. The second-order valence-corrected chi connectivity index (χ2v) is 7.40. The molecule has 2 aliphatic rings. The first-order valence-corrected chi connectivity index (χ1v) is 8.77. The molecule has 0 bridgehead atoms. The summed E-state index contributed by atoms with van der Waals surface area (Å²) in [4.78, 5) is 11.4. The van der Waals surface area contributed by atoms with Crippen molar-refractivity contribution in [2.75, 3.05) is 30.8 Å². The van der Waals surface area contributed by atoms with Gasteiger partial charge in [-0.3, -0.25) is 4.98 Å². The molecular weight excluding hydrogens is 288 g/mol. The van der Waals surface area contributed by atoms with Gasteiger partial charge >= 0.3 is 0 Å². The minimum Gasteiger partial charge on any atom is -0.382 e. The Bertz CT molecular complexity index is 552. The van der Waals surface area contributed by atoms with Crippen molar-refractivity contribution in [1.29, 1.82) is 0 Å². The minimum atomic E-state index is 0.110. The molecule has 0 amide bonds. The average Bonchev–Trinajstić information content (AvgIpc) is 2.83. The zero-order valence-corrected chi connectivity index (χ0v) is 14.5. The summed E-state index contributed by atoms with van der Waals surface area (Å²) in [5.41, 5.74) is 13.8. The van der Waals surface area contributed by atoms with Gasteiger partial charge in [0.05, 0.1) is 17.9 Å². The number of nitrogens with two attached hydrogens (primary N) is 2. The Morgan fingerprint density at radius 1 is 1.35 bits per heavy atom. The Labute approximate surface area is 139 Å². The maximum Gasteiger partial charge on any atom is 0.149 e. The Morgan fingerprint density at radius 3 is 2.57 bits per heavy atom. The second-order valence-electron chi connectivity index (χ2n) is 7.40. The smallest absolute Gasteiger partial charge is 0.149 e. The van der Waals surface area contributed by atoms with Gasteiger partial charge in [-0.2, -0.15) is 0 Å². The molecule has 1 saturated carbocycles. The van der Waals surface area contributed by atoms with E-state index in [0.29, 0.717) is 23.2 Å². The number of nitrogens with one attached hydrogen (secondary N) is 1. The number of piperidine rings is 1. The van der Waals surface area contributed by atoms with E-state index in [9.17, 15) is 0 Å². The van der Waals surface area contributed by atoms with E-state index in [1.54, 1.807) is 0 Å². The van der Waals surface area contributed by atoms with Crippen LogP contribution in [-0.4, -0.2) is 36.1 Å². The third-order valence-corrected chi connectivity index (χ3v) is 6.16. The molecule has 128 valence electrons. The highest BCUT2D eigenvalue weighted by Gasteiger charge is 2.46. The van der Waals surface area contributed by atoms with Crippen LogP contribution in [-0.2, 0) is 0 Å². The van der Waals surface area contributed by atoms with Crippen molar-refractivity contribution >= 4 is 11.6 Å². The maximum absolute atomic E-state index is 6.49. The number of anilines is 2. The fourth-order valence-electron chi connectivity index (χ4n) is 4.26. The Balaban J connectivity index is 1.70. The van der Waals surface area contributed by atoms with Crippen molar-refractivity contribution in [1.82, 2.24) is 15.3 Å². The van der Waals surface area contributed by atoms with Crippen molar-refractivity contribution in [2.24, 2.45) is 17.1 Å². The van der Waals surface area contributed by atoms with E-state index >= 15 is 0 Å².